The second kappa shape index (κ2) is 9.73. The Labute approximate surface area is 180 Å². The maximum absolute atomic E-state index is 12.3. The monoisotopic (exact) mass is 425 g/mol. The Bertz CT molecular complexity index is 970. The normalized spacial score (nSPS) is 14.6. The van der Waals surface area contributed by atoms with Gasteiger partial charge in [-0.05, 0) is 43.3 Å². The molecule has 0 saturated carbocycles. The lowest BCUT2D eigenvalue weighted by molar-refractivity contribution is 0.0917. The van der Waals surface area contributed by atoms with Crippen molar-refractivity contribution in [1.29, 1.82) is 0 Å². The Morgan fingerprint density at radius 1 is 1.03 bits per heavy atom. The van der Waals surface area contributed by atoms with Crippen LogP contribution in [0.4, 0.5) is 5.69 Å². The first-order chi connectivity index (χ1) is 14.7. The van der Waals surface area contributed by atoms with Crippen LogP contribution in [0.3, 0.4) is 0 Å². The molecule has 2 aromatic carbocycles. The maximum Gasteiger partial charge on any atom is 0.308 e. The molecule has 156 valence electrons. The zero-order valence-electron chi connectivity index (χ0n) is 16.6. The number of benzene rings is 2. The lowest BCUT2D eigenvalue weighted by atomic mass is 10.2. The largest absolute Gasteiger partial charge is 0.412 e. The van der Waals surface area contributed by atoms with Crippen molar-refractivity contribution in [2.45, 2.75) is 6.42 Å². The van der Waals surface area contributed by atoms with Crippen LogP contribution in [0.25, 0.3) is 11.5 Å². The van der Waals surface area contributed by atoms with E-state index in [-0.39, 0.29) is 17.7 Å². The van der Waals surface area contributed by atoms with E-state index in [0.29, 0.717) is 17.1 Å². The third-order valence-corrected chi connectivity index (χ3v) is 5.36. The van der Waals surface area contributed by atoms with E-state index in [1.54, 1.807) is 24.3 Å². The molecule has 8 heteroatoms. The summed E-state index contributed by atoms with van der Waals surface area (Å²) in [6.45, 7) is 5.59. The van der Waals surface area contributed by atoms with Gasteiger partial charge < -0.3 is 14.6 Å². The van der Waals surface area contributed by atoms with E-state index in [0.717, 1.165) is 39.1 Å². The lowest BCUT2D eigenvalue weighted by Gasteiger charge is -2.36. The van der Waals surface area contributed by atoms with Gasteiger partial charge in [-0.1, -0.05) is 35.9 Å². The predicted octanol–water partition coefficient (Wildman–Crippen LogP) is 3.33. The molecule has 4 rings (SSSR count). The minimum atomic E-state index is -0.357. The lowest BCUT2D eigenvalue weighted by Crippen LogP contribution is -2.47. The molecule has 1 fully saturated rings. The van der Waals surface area contributed by atoms with E-state index in [2.05, 4.69) is 49.6 Å². The van der Waals surface area contributed by atoms with Gasteiger partial charge in [-0.25, -0.2) is 0 Å². The van der Waals surface area contributed by atoms with Crippen molar-refractivity contribution in [2.24, 2.45) is 0 Å². The first-order valence-electron chi connectivity index (χ1n) is 10.1. The number of amides is 1. The average molecular weight is 426 g/mol. The summed E-state index contributed by atoms with van der Waals surface area (Å²) in [6.07, 6.45) is 0.867. The third-order valence-electron chi connectivity index (χ3n) is 5.12. The van der Waals surface area contributed by atoms with Gasteiger partial charge in [-0.2, -0.15) is 0 Å². The van der Waals surface area contributed by atoms with Gasteiger partial charge in [0, 0.05) is 49.0 Å². The van der Waals surface area contributed by atoms with Crippen LogP contribution in [0, 0.1) is 0 Å². The molecule has 3 aromatic rings. The number of hydrogen-bond acceptors (Lipinski definition) is 6. The molecule has 1 aromatic heterocycles. The van der Waals surface area contributed by atoms with Crippen LogP contribution in [-0.4, -0.2) is 60.3 Å². The highest BCUT2D eigenvalue weighted by Crippen LogP contribution is 2.21. The number of nitrogens with zero attached hydrogens (tertiary/aromatic N) is 4. The number of nitrogens with one attached hydrogen (secondary N) is 1. The molecule has 0 unspecified atom stereocenters. The minimum absolute atomic E-state index is 0.0403. The first kappa shape index (κ1) is 20.4. The van der Waals surface area contributed by atoms with Crippen molar-refractivity contribution < 1.29 is 9.21 Å². The molecule has 30 heavy (non-hydrogen) atoms. The van der Waals surface area contributed by atoms with Gasteiger partial charge in [0.05, 0.1) is 0 Å². The summed E-state index contributed by atoms with van der Waals surface area (Å²) in [5, 5.41) is 11.2. The van der Waals surface area contributed by atoms with Crippen LogP contribution < -0.4 is 10.2 Å². The predicted molar refractivity (Wildman–Crippen MR) is 117 cm³/mol. The summed E-state index contributed by atoms with van der Waals surface area (Å²) in [4.78, 5) is 17.1. The molecule has 1 N–H and O–H groups in total. The molecule has 1 aliphatic heterocycles. The molecular weight excluding hydrogens is 402 g/mol. The number of halogens is 1. The SMILES string of the molecule is O=C(NCCCN1CCN(c2ccccc2)CC1)c1nnc(-c2cccc(Cl)c2)o1. The smallest absolute Gasteiger partial charge is 0.308 e. The third kappa shape index (κ3) is 5.17. The molecule has 0 radical (unpaired) electrons. The fourth-order valence-corrected chi connectivity index (χ4v) is 3.69. The van der Waals surface area contributed by atoms with Crippen LogP contribution in [0.1, 0.15) is 17.1 Å². The fourth-order valence-electron chi connectivity index (χ4n) is 3.50. The number of aromatic nitrogens is 2. The number of para-hydroxylation sites is 1. The van der Waals surface area contributed by atoms with Crippen LogP contribution >= 0.6 is 11.6 Å². The van der Waals surface area contributed by atoms with Crippen molar-refractivity contribution in [3.63, 3.8) is 0 Å². The Morgan fingerprint density at radius 3 is 2.60 bits per heavy atom. The molecule has 1 aliphatic rings. The van der Waals surface area contributed by atoms with E-state index in [4.69, 9.17) is 16.0 Å². The zero-order chi connectivity index (χ0) is 20.8. The quantitative estimate of drug-likeness (QED) is 0.585. The van der Waals surface area contributed by atoms with Crippen LogP contribution in [0.5, 0.6) is 0 Å². The summed E-state index contributed by atoms with van der Waals surface area (Å²) < 4.78 is 5.48. The highest BCUT2D eigenvalue weighted by molar-refractivity contribution is 6.30. The molecule has 0 spiro atoms. The van der Waals surface area contributed by atoms with Gasteiger partial charge in [0.1, 0.15) is 0 Å². The standard InChI is InChI=1S/C22H24ClN5O2/c23-18-7-4-6-17(16-18)21-25-26-22(30-21)20(29)24-10-5-11-27-12-14-28(15-13-27)19-8-2-1-3-9-19/h1-4,6-9,16H,5,10-15H2,(H,24,29). The topological polar surface area (TPSA) is 74.5 Å². The molecule has 0 aliphatic carbocycles. The second-order valence-electron chi connectivity index (χ2n) is 7.20. The molecule has 2 heterocycles. The average Bonchev–Trinajstić information content (AvgIpc) is 3.28. The summed E-state index contributed by atoms with van der Waals surface area (Å²) >= 11 is 5.98. The Morgan fingerprint density at radius 2 is 1.83 bits per heavy atom. The van der Waals surface area contributed by atoms with Crippen molar-refractivity contribution in [1.82, 2.24) is 20.4 Å². The van der Waals surface area contributed by atoms with Gasteiger partial charge in [-0.3, -0.25) is 9.69 Å². The number of carbonyl (C=O) groups is 1. The number of carbonyl (C=O) groups excluding carboxylic acids is 1. The van der Waals surface area contributed by atoms with Crippen molar-refractivity contribution in [3.8, 4) is 11.5 Å². The van der Waals surface area contributed by atoms with Crippen LogP contribution in [-0.2, 0) is 0 Å². The number of anilines is 1. The van der Waals surface area contributed by atoms with E-state index >= 15 is 0 Å². The van der Waals surface area contributed by atoms with Gasteiger partial charge in [0.25, 0.3) is 0 Å². The van der Waals surface area contributed by atoms with Crippen molar-refractivity contribution in [2.75, 3.05) is 44.2 Å². The van der Waals surface area contributed by atoms with Crippen molar-refractivity contribution in [3.05, 3.63) is 65.5 Å². The number of hydrogen-bond donors (Lipinski definition) is 1. The first-order valence-corrected chi connectivity index (χ1v) is 10.5. The van der Waals surface area contributed by atoms with Crippen LogP contribution in [0.15, 0.2) is 59.0 Å². The van der Waals surface area contributed by atoms with E-state index in [9.17, 15) is 4.79 Å². The van der Waals surface area contributed by atoms with E-state index in [1.807, 2.05) is 6.07 Å². The Hall–Kier alpha value is -2.90. The molecule has 0 atom stereocenters. The molecule has 0 bridgehead atoms. The highest BCUT2D eigenvalue weighted by Gasteiger charge is 2.18. The zero-order valence-corrected chi connectivity index (χ0v) is 17.4. The summed E-state index contributed by atoms with van der Waals surface area (Å²) in [7, 11) is 0. The molecule has 7 nitrogen and oxygen atoms in total. The number of rotatable bonds is 7. The van der Waals surface area contributed by atoms with Gasteiger partial charge in [-0.15, -0.1) is 10.2 Å². The molecule has 1 saturated heterocycles. The minimum Gasteiger partial charge on any atom is -0.412 e. The Kier molecular flexibility index (Phi) is 6.61. The maximum atomic E-state index is 12.3. The van der Waals surface area contributed by atoms with Crippen LogP contribution in [0.2, 0.25) is 5.02 Å². The second-order valence-corrected chi connectivity index (χ2v) is 7.63. The number of piperazine rings is 1. The molecular formula is C22H24ClN5O2. The Balaban J connectivity index is 1.18. The fraction of sp³-hybridized carbons (Fsp3) is 0.318. The van der Waals surface area contributed by atoms with E-state index in [1.165, 1.54) is 5.69 Å². The van der Waals surface area contributed by atoms with Gasteiger partial charge >= 0.3 is 11.8 Å². The van der Waals surface area contributed by atoms with Crippen molar-refractivity contribution >= 4 is 23.2 Å². The van der Waals surface area contributed by atoms with Gasteiger partial charge in [0.2, 0.25) is 5.89 Å². The summed E-state index contributed by atoms with van der Waals surface area (Å²) in [5.41, 5.74) is 1.96. The summed E-state index contributed by atoms with van der Waals surface area (Å²) in [6, 6.07) is 17.6. The van der Waals surface area contributed by atoms with E-state index < -0.39 is 0 Å². The molecule has 1 amide bonds. The summed E-state index contributed by atoms with van der Waals surface area (Å²) in [5.74, 6) is -0.120. The van der Waals surface area contributed by atoms with Gasteiger partial charge in [0.15, 0.2) is 0 Å². The highest BCUT2D eigenvalue weighted by atomic mass is 35.5.